The molecule has 1 aliphatic carbocycles. The van der Waals surface area contributed by atoms with Crippen molar-refractivity contribution >= 4 is 0 Å². The predicted octanol–water partition coefficient (Wildman–Crippen LogP) is 3.69. The molecule has 1 aromatic carbocycles. The Morgan fingerprint density at radius 3 is 2.42 bits per heavy atom. The van der Waals surface area contributed by atoms with Crippen LogP contribution in [0.1, 0.15) is 50.6 Å². The summed E-state index contributed by atoms with van der Waals surface area (Å²) in [5.41, 5.74) is 1.28. The predicted molar refractivity (Wildman–Crippen MR) is 78.0 cm³/mol. The largest absolute Gasteiger partial charge is 0.493 e. The number of benzene rings is 1. The number of ether oxygens (including phenoxy) is 2. The maximum Gasteiger partial charge on any atom is 0.161 e. The molecule has 1 fully saturated rings. The third-order valence-corrected chi connectivity index (χ3v) is 4.01. The average Bonchev–Trinajstić information content (AvgIpc) is 2.97. The zero-order valence-electron chi connectivity index (χ0n) is 12.2. The van der Waals surface area contributed by atoms with Gasteiger partial charge in [0.1, 0.15) is 0 Å². The Morgan fingerprint density at radius 2 is 1.84 bits per heavy atom. The van der Waals surface area contributed by atoms with Crippen LogP contribution in [0.3, 0.4) is 0 Å². The number of rotatable bonds is 6. The number of hydrogen-bond acceptors (Lipinski definition) is 3. The summed E-state index contributed by atoms with van der Waals surface area (Å²) in [5.74, 6) is 1.61. The van der Waals surface area contributed by atoms with Gasteiger partial charge in [0.15, 0.2) is 11.5 Å². The van der Waals surface area contributed by atoms with Gasteiger partial charge in [-0.1, -0.05) is 25.8 Å². The van der Waals surface area contributed by atoms with E-state index < -0.39 is 0 Å². The number of hydrogen-bond donors (Lipinski definition) is 1. The van der Waals surface area contributed by atoms with Crippen LogP contribution >= 0.6 is 0 Å². The van der Waals surface area contributed by atoms with Crippen LogP contribution in [-0.2, 0) is 0 Å². The summed E-state index contributed by atoms with van der Waals surface area (Å²) in [7, 11) is 3.36. The smallest absolute Gasteiger partial charge is 0.161 e. The van der Waals surface area contributed by atoms with Crippen LogP contribution in [0.2, 0.25) is 0 Å². The van der Waals surface area contributed by atoms with Gasteiger partial charge in [-0.3, -0.25) is 0 Å². The Bertz CT molecular complexity index is 400. The lowest BCUT2D eigenvalue weighted by Crippen LogP contribution is -2.30. The molecule has 1 unspecified atom stereocenters. The molecule has 2 rings (SSSR count). The third-order valence-electron chi connectivity index (χ3n) is 4.01. The van der Waals surface area contributed by atoms with Crippen LogP contribution in [0.5, 0.6) is 11.5 Å². The quantitative estimate of drug-likeness (QED) is 0.849. The summed E-state index contributed by atoms with van der Waals surface area (Å²) in [6, 6.07) is 7.31. The molecule has 1 atom stereocenters. The minimum atomic E-state index is 0.405. The second-order valence-electron chi connectivity index (χ2n) is 5.22. The fourth-order valence-corrected chi connectivity index (χ4v) is 2.90. The van der Waals surface area contributed by atoms with E-state index in [4.69, 9.17) is 9.47 Å². The molecule has 1 aliphatic rings. The molecule has 0 saturated heterocycles. The van der Waals surface area contributed by atoms with Gasteiger partial charge in [0, 0.05) is 12.1 Å². The summed E-state index contributed by atoms with van der Waals surface area (Å²) >= 11 is 0. The Kier molecular flexibility index (Phi) is 5.08. The summed E-state index contributed by atoms with van der Waals surface area (Å²) in [5, 5.41) is 3.77. The second-order valence-corrected chi connectivity index (χ2v) is 5.22. The van der Waals surface area contributed by atoms with E-state index in [0.717, 1.165) is 17.9 Å². The van der Waals surface area contributed by atoms with Gasteiger partial charge in [-0.2, -0.15) is 0 Å². The maximum atomic E-state index is 5.39. The molecule has 19 heavy (non-hydrogen) atoms. The molecule has 0 spiro atoms. The Morgan fingerprint density at radius 1 is 1.16 bits per heavy atom. The van der Waals surface area contributed by atoms with Crippen molar-refractivity contribution in [2.24, 2.45) is 0 Å². The Labute approximate surface area is 116 Å². The maximum absolute atomic E-state index is 5.39. The standard InChI is InChI=1S/C16H25NO2/c1-4-14(17-13-7-5-6-8-13)12-9-10-15(18-2)16(11-12)19-3/h9-11,13-14,17H,4-8H2,1-3H3. The van der Waals surface area contributed by atoms with Gasteiger partial charge in [-0.05, 0) is 37.0 Å². The molecular weight excluding hydrogens is 238 g/mol. The van der Waals surface area contributed by atoms with Crippen molar-refractivity contribution in [3.8, 4) is 11.5 Å². The first kappa shape index (κ1) is 14.2. The highest BCUT2D eigenvalue weighted by Gasteiger charge is 2.20. The number of methoxy groups -OCH3 is 2. The fourth-order valence-electron chi connectivity index (χ4n) is 2.90. The lowest BCUT2D eigenvalue weighted by atomic mass is 10.0. The zero-order chi connectivity index (χ0) is 13.7. The van der Waals surface area contributed by atoms with Crippen molar-refractivity contribution in [3.63, 3.8) is 0 Å². The molecule has 106 valence electrons. The Balaban J connectivity index is 2.12. The van der Waals surface area contributed by atoms with Gasteiger partial charge >= 0.3 is 0 Å². The molecule has 0 bridgehead atoms. The van der Waals surface area contributed by atoms with E-state index >= 15 is 0 Å². The Hall–Kier alpha value is -1.22. The summed E-state index contributed by atoms with van der Waals surface area (Å²) < 4.78 is 10.7. The van der Waals surface area contributed by atoms with Crippen LogP contribution in [0.4, 0.5) is 0 Å². The van der Waals surface area contributed by atoms with Crippen molar-refractivity contribution in [2.45, 2.75) is 51.1 Å². The lowest BCUT2D eigenvalue weighted by molar-refractivity contribution is 0.353. The van der Waals surface area contributed by atoms with E-state index in [9.17, 15) is 0 Å². The molecular formula is C16H25NO2. The second kappa shape index (κ2) is 6.80. The highest BCUT2D eigenvalue weighted by molar-refractivity contribution is 5.43. The molecule has 0 heterocycles. The van der Waals surface area contributed by atoms with E-state index in [-0.39, 0.29) is 0 Å². The van der Waals surface area contributed by atoms with Crippen LogP contribution in [0.15, 0.2) is 18.2 Å². The first-order valence-electron chi connectivity index (χ1n) is 7.26. The van der Waals surface area contributed by atoms with E-state index in [1.54, 1.807) is 14.2 Å². The molecule has 0 amide bonds. The third kappa shape index (κ3) is 3.41. The van der Waals surface area contributed by atoms with E-state index in [1.807, 2.05) is 6.07 Å². The fraction of sp³-hybridized carbons (Fsp3) is 0.625. The van der Waals surface area contributed by atoms with Crippen LogP contribution in [0.25, 0.3) is 0 Å². The van der Waals surface area contributed by atoms with Gasteiger partial charge in [0.2, 0.25) is 0 Å². The molecule has 0 aromatic heterocycles. The highest BCUT2D eigenvalue weighted by Crippen LogP contribution is 2.32. The zero-order valence-corrected chi connectivity index (χ0v) is 12.2. The van der Waals surface area contributed by atoms with E-state index in [1.165, 1.54) is 31.2 Å². The van der Waals surface area contributed by atoms with Crippen LogP contribution < -0.4 is 14.8 Å². The minimum absolute atomic E-state index is 0.405. The molecule has 3 heteroatoms. The van der Waals surface area contributed by atoms with E-state index in [2.05, 4.69) is 24.4 Å². The van der Waals surface area contributed by atoms with Crippen molar-refractivity contribution in [2.75, 3.05) is 14.2 Å². The topological polar surface area (TPSA) is 30.5 Å². The normalized spacial score (nSPS) is 17.4. The van der Waals surface area contributed by atoms with Gasteiger partial charge in [-0.25, -0.2) is 0 Å². The monoisotopic (exact) mass is 263 g/mol. The molecule has 0 radical (unpaired) electrons. The number of nitrogens with one attached hydrogen (secondary N) is 1. The van der Waals surface area contributed by atoms with E-state index in [0.29, 0.717) is 12.1 Å². The summed E-state index contributed by atoms with van der Waals surface area (Å²) in [6.07, 6.45) is 6.43. The molecule has 1 aromatic rings. The van der Waals surface area contributed by atoms with Crippen molar-refractivity contribution in [1.82, 2.24) is 5.32 Å². The molecule has 1 saturated carbocycles. The van der Waals surface area contributed by atoms with Gasteiger partial charge in [0.25, 0.3) is 0 Å². The van der Waals surface area contributed by atoms with Crippen LogP contribution in [0, 0.1) is 0 Å². The SMILES string of the molecule is CCC(NC1CCCC1)c1ccc(OC)c(OC)c1. The van der Waals surface area contributed by atoms with Gasteiger partial charge in [0.05, 0.1) is 14.2 Å². The first-order chi connectivity index (χ1) is 9.28. The van der Waals surface area contributed by atoms with Crippen molar-refractivity contribution in [1.29, 1.82) is 0 Å². The summed E-state index contributed by atoms with van der Waals surface area (Å²) in [4.78, 5) is 0. The van der Waals surface area contributed by atoms with Crippen molar-refractivity contribution in [3.05, 3.63) is 23.8 Å². The summed E-state index contributed by atoms with van der Waals surface area (Å²) in [6.45, 7) is 2.23. The van der Waals surface area contributed by atoms with Gasteiger partial charge < -0.3 is 14.8 Å². The van der Waals surface area contributed by atoms with Crippen molar-refractivity contribution < 1.29 is 9.47 Å². The minimum Gasteiger partial charge on any atom is -0.493 e. The molecule has 3 nitrogen and oxygen atoms in total. The highest BCUT2D eigenvalue weighted by atomic mass is 16.5. The average molecular weight is 263 g/mol. The van der Waals surface area contributed by atoms with Gasteiger partial charge in [-0.15, -0.1) is 0 Å². The van der Waals surface area contributed by atoms with Crippen LogP contribution in [-0.4, -0.2) is 20.3 Å². The molecule has 1 N–H and O–H groups in total. The molecule has 0 aliphatic heterocycles. The first-order valence-corrected chi connectivity index (χ1v) is 7.26. The lowest BCUT2D eigenvalue weighted by Gasteiger charge is -2.23.